The minimum atomic E-state index is -0.192. The molecule has 2 aromatic heterocycles. The van der Waals surface area contributed by atoms with E-state index in [0.29, 0.717) is 16.8 Å². The normalized spacial score (nSPS) is 15.1. The van der Waals surface area contributed by atoms with Crippen LogP contribution in [-0.4, -0.2) is 10.9 Å². The molecule has 1 amide bonds. The van der Waals surface area contributed by atoms with Gasteiger partial charge in [0.1, 0.15) is 5.76 Å². The zero-order valence-electron chi connectivity index (χ0n) is 9.63. The van der Waals surface area contributed by atoms with Gasteiger partial charge in [-0.15, -0.1) is 11.3 Å². The van der Waals surface area contributed by atoms with Crippen LogP contribution in [0.1, 0.15) is 30.2 Å². The van der Waals surface area contributed by atoms with Crippen LogP contribution in [0.5, 0.6) is 0 Å². The smallest absolute Gasteiger partial charge is 0.250 e. The summed E-state index contributed by atoms with van der Waals surface area (Å²) in [6, 6.07) is 3.57. The Labute approximate surface area is 108 Å². The highest BCUT2D eigenvalue weighted by Crippen LogP contribution is 2.40. The summed E-state index contributed by atoms with van der Waals surface area (Å²) in [5, 5.41) is 5.42. The zero-order valence-corrected chi connectivity index (χ0v) is 10.4. The molecule has 1 aliphatic rings. The fourth-order valence-corrected chi connectivity index (χ4v) is 2.40. The Morgan fingerprint density at radius 2 is 2.44 bits per heavy atom. The van der Waals surface area contributed by atoms with E-state index >= 15 is 0 Å². The van der Waals surface area contributed by atoms with E-state index in [4.69, 9.17) is 4.42 Å². The van der Waals surface area contributed by atoms with Gasteiger partial charge in [-0.05, 0) is 31.1 Å². The van der Waals surface area contributed by atoms with Crippen LogP contribution in [0.2, 0.25) is 0 Å². The zero-order chi connectivity index (χ0) is 12.4. The number of aromatic nitrogens is 1. The summed E-state index contributed by atoms with van der Waals surface area (Å²) in [4.78, 5) is 16.0. The molecular formula is C13H12N2O2S. The van der Waals surface area contributed by atoms with Gasteiger partial charge in [-0.1, -0.05) is 0 Å². The predicted molar refractivity (Wildman–Crippen MR) is 70.5 cm³/mol. The summed E-state index contributed by atoms with van der Waals surface area (Å²) in [6.45, 7) is 0. The van der Waals surface area contributed by atoms with Crippen molar-refractivity contribution in [3.05, 3.63) is 41.3 Å². The highest BCUT2D eigenvalue weighted by atomic mass is 32.1. The molecule has 1 N–H and O–H groups in total. The van der Waals surface area contributed by atoms with E-state index in [1.54, 1.807) is 24.5 Å². The lowest BCUT2D eigenvalue weighted by Gasteiger charge is -1.95. The first-order valence-corrected chi connectivity index (χ1v) is 6.67. The fourth-order valence-electron chi connectivity index (χ4n) is 1.60. The lowest BCUT2D eigenvalue weighted by Crippen LogP contribution is -2.07. The summed E-state index contributed by atoms with van der Waals surface area (Å²) in [5.41, 5.74) is 1.10. The first-order chi connectivity index (χ1) is 8.81. The second-order valence-corrected chi connectivity index (χ2v) is 5.05. The van der Waals surface area contributed by atoms with Gasteiger partial charge in [0, 0.05) is 17.4 Å². The Kier molecular flexibility index (Phi) is 2.98. The van der Waals surface area contributed by atoms with Crippen LogP contribution < -0.4 is 5.32 Å². The first kappa shape index (κ1) is 11.2. The first-order valence-electron chi connectivity index (χ1n) is 5.79. The van der Waals surface area contributed by atoms with Gasteiger partial charge < -0.3 is 4.42 Å². The summed E-state index contributed by atoms with van der Waals surface area (Å²) >= 11 is 1.47. The lowest BCUT2D eigenvalue weighted by molar-refractivity contribution is -0.111. The topological polar surface area (TPSA) is 55.1 Å². The van der Waals surface area contributed by atoms with Gasteiger partial charge in [0.2, 0.25) is 5.91 Å². The second kappa shape index (κ2) is 4.78. The van der Waals surface area contributed by atoms with Crippen molar-refractivity contribution in [2.24, 2.45) is 0 Å². The number of nitrogens with zero attached hydrogens (tertiary/aromatic N) is 1. The second-order valence-electron chi connectivity index (χ2n) is 4.19. The Morgan fingerprint density at radius 3 is 3.17 bits per heavy atom. The third-order valence-electron chi connectivity index (χ3n) is 2.69. The Bertz CT molecular complexity index is 568. The van der Waals surface area contributed by atoms with E-state index in [2.05, 4.69) is 10.3 Å². The van der Waals surface area contributed by atoms with E-state index in [1.807, 2.05) is 5.38 Å². The van der Waals surface area contributed by atoms with Gasteiger partial charge in [0.25, 0.3) is 0 Å². The number of anilines is 1. The average Bonchev–Trinajstić information content (AvgIpc) is 2.90. The van der Waals surface area contributed by atoms with Crippen LogP contribution in [0, 0.1) is 0 Å². The minimum absolute atomic E-state index is 0.192. The van der Waals surface area contributed by atoms with Crippen molar-refractivity contribution in [2.45, 2.75) is 18.8 Å². The quantitative estimate of drug-likeness (QED) is 0.858. The van der Waals surface area contributed by atoms with E-state index < -0.39 is 0 Å². The van der Waals surface area contributed by atoms with Crippen LogP contribution in [0.25, 0.3) is 6.08 Å². The van der Waals surface area contributed by atoms with Crippen molar-refractivity contribution < 1.29 is 9.21 Å². The molecule has 1 saturated carbocycles. The van der Waals surface area contributed by atoms with Crippen molar-refractivity contribution >= 4 is 28.5 Å². The molecule has 92 valence electrons. The van der Waals surface area contributed by atoms with Gasteiger partial charge in [-0.2, -0.15) is 0 Å². The maximum atomic E-state index is 11.6. The van der Waals surface area contributed by atoms with Gasteiger partial charge in [0.05, 0.1) is 12.0 Å². The number of carbonyl (C=O) groups excluding carboxylic acids is 1. The third-order valence-corrected chi connectivity index (χ3v) is 3.47. The predicted octanol–water partition coefficient (Wildman–Crippen LogP) is 3.27. The molecule has 18 heavy (non-hydrogen) atoms. The van der Waals surface area contributed by atoms with Gasteiger partial charge in [0.15, 0.2) is 5.13 Å². The molecule has 0 aromatic carbocycles. The lowest BCUT2D eigenvalue weighted by atomic mass is 10.3. The number of hydrogen-bond donors (Lipinski definition) is 1. The van der Waals surface area contributed by atoms with Crippen LogP contribution in [0.15, 0.2) is 34.3 Å². The number of carbonyl (C=O) groups is 1. The van der Waals surface area contributed by atoms with E-state index in [-0.39, 0.29) is 5.91 Å². The summed E-state index contributed by atoms with van der Waals surface area (Å²) in [6.07, 6.45) is 7.08. The molecule has 0 spiro atoms. The molecule has 0 unspecified atom stereocenters. The van der Waals surface area contributed by atoms with Gasteiger partial charge in [-0.25, -0.2) is 4.98 Å². The molecule has 4 nitrogen and oxygen atoms in total. The largest absolute Gasteiger partial charge is 0.465 e. The van der Waals surface area contributed by atoms with Crippen molar-refractivity contribution in [3.63, 3.8) is 0 Å². The third kappa shape index (κ3) is 2.68. The minimum Gasteiger partial charge on any atom is -0.465 e. The van der Waals surface area contributed by atoms with E-state index in [1.165, 1.54) is 30.3 Å². The fraction of sp³-hybridized carbons (Fsp3) is 0.231. The Balaban J connectivity index is 1.59. The van der Waals surface area contributed by atoms with Crippen LogP contribution >= 0.6 is 11.3 Å². The maximum absolute atomic E-state index is 11.6. The van der Waals surface area contributed by atoms with Gasteiger partial charge in [-0.3, -0.25) is 10.1 Å². The summed E-state index contributed by atoms with van der Waals surface area (Å²) < 4.78 is 5.10. The number of rotatable bonds is 4. The maximum Gasteiger partial charge on any atom is 0.250 e. The molecule has 0 saturated heterocycles. The van der Waals surface area contributed by atoms with Crippen LogP contribution in [0.4, 0.5) is 5.13 Å². The molecule has 2 heterocycles. The number of furan rings is 1. The molecule has 2 aromatic rings. The number of nitrogens with one attached hydrogen (secondary N) is 1. The molecule has 0 bridgehead atoms. The van der Waals surface area contributed by atoms with Crippen molar-refractivity contribution in [1.29, 1.82) is 0 Å². The molecular weight excluding hydrogens is 248 g/mol. The highest BCUT2D eigenvalue weighted by Gasteiger charge is 2.26. The van der Waals surface area contributed by atoms with E-state index in [0.717, 1.165) is 5.69 Å². The molecule has 0 aliphatic heterocycles. The van der Waals surface area contributed by atoms with Crippen molar-refractivity contribution in [1.82, 2.24) is 4.98 Å². The average molecular weight is 260 g/mol. The van der Waals surface area contributed by atoms with Crippen molar-refractivity contribution in [3.8, 4) is 0 Å². The van der Waals surface area contributed by atoms with Crippen LogP contribution in [-0.2, 0) is 4.79 Å². The van der Waals surface area contributed by atoms with E-state index in [9.17, 15) is 4.79 Å². The molecule has 3 rings (SSSR count). The molecule has 0 atom stereocenters. The molecule has 1 aliphatic carbocycles. The number of thiazole rings is 1. The highest BCUT2D eigenvalue weighted by molar-refractivity contribution is 7.14. The summed E-state index contributed by atoms with van der Waals surface area (Å²) in [5.74, 6) is 1.08. The van der Waals surface area contributed by atoms with Gasteiger partial charge >= 0.3 is 0 Å². The monoisotopic (exact) mass is 260 g/mol. The summed E-state index contributed by atoms with van der Waals surface area (Å²) in [7, 11) is 0. The van der Waals surface area contributed by atoms with Crippen LogP contribution in [0.3, 0.4) is 0 Å². The number of hydrogen-bond acceptors (Lipinski definition) is 4. The number of amides is 1. The molecule has 0 radical (unpaired) electrons. The Morgan fingerprint density at radius 1 is 1.56 bits per heavy atom. The Hall–Kier alpha value is -1.88. The standard InChI is InChI=1S/C13H12N2O2S/c16-12(6-5-10-2-1-7-17-10)15-13-14-11(8-18-13)9-3-4-9/h1-2,5-9H,3-4H2,(H,14,15,16)/b6-5+. The SMILES string of the molecule is O=C(/C=C/c1ccco1)Nc1nc(C2CC2)cs1. The molecule has 5 heteroatoms. The van der Waals surface area contributed by atoms with Crippen molar-refractivity contribution in [2.75, 3.05) is 5.32 Å². The molecule has 1 fully saturated rings.